The number of hydrogen-bond acceptors (Lipinski definition) is 4. The smallest absolute Gasteiger partial charge is 0.339 e. The van der Waals surface area contributed by atoms with Crippen molar-refractivity contribution in [2.45, 2.75) is 45.4 Å². The van der Waals surface area contributed by atoms with Gasteiger partial charge in [-0.3, -0.25) is 4.79 Å². The summed E-state index contributed by atoms with van der Waals surface area (Å²) in [6, 6.07) is 19.7. The molecule has 0 amide bonds. The van der Waals surface area contributed by atoms with Crippen molar-refractivity contribution in [2.24, 2.45) is 0 Å². The van der Waals surface area contributed by atoms with Gasteiger partial charge in [0.2, 0.25) is 5.78 Å². The Bertz CT molecular complexity index is 1460. The molecule has 1 N–H and O–H groups in total. The maximum atomic E-state index is 13.4. The van der Waals surface area contributed by atoms with Crippen molar-refractivity contribution in [3.05, 3.63) is 101 Å². The van der Waals surface area contributed by atoms with E-state index in [2.05, 4.69) is 56.1 Å². The van der Waals surface area contributed by atoms with Crippen molar-refractivity contribution >= 4 is 34.3 Å². The van der Waals surface area contributed by atoms with Crippen LogP contribution in [0.15, 0.2) is 66.9 Å². The summed E-state index contributed by atoms with van der Waals surface area (Å²) in [5, 5.41) is 0.754. The van der Waals surface area contributed by atoms with Gasteiger partial charge in [-0.25, -0.2) is 9.78 Å². The van der Waals surface area contributed by atoms with Crippen LogP contribution >= 0.6 is 0 Å². The second kappa shape index (κ2) is 9.57. The normalized spacial score (nSPS) is 14.6. The summed E-state index contributed by atoms with van der Waals surface area (Å²) in [4.78, 5) is 33.6. The van der Waals surface area contributed by atoms with Crippen LogP contribution in [0, 0.1) is 0 Å². The van der Waals surface area contributed by atoms with Crippen LogP contribution in [-0.4, -0.2) is 28.3 Å². The number of benzene rings is 2. The van der Waals surface area contributed by atoms with Crippen molar-refractivity contribution in [3.63, 3.8) is 0 Å². The second-order valence-electron chi connectivity index (χ2n) is 10.3. The third kappa shape index (κ3) is 4.74. The number of aromatic amines is 1. The number of nitrogens with one attached hydrogen (secondary N) is 1. The third-order valence-electron chi connectivity index (χ3n) is 6.72. The molecule has 5 heteroatoms. The highest BCUT2D eigenvalue weighted by Crippen LogP contribution is 2.36. The van der Waals surface area contributed by atoms with E-state index >= 15 is 0 Å². The van der Waals surface area contributed by atoms with E-state index in [4.69, 9.17) is 9.72 Å². The van der Waals surface area contributed by atoms with Gasteiger partial charge < -0.3 is 9.72 Å². The number of pyridine rings is 1. The molecule has 2 aromatic heterocycles. The molecule has 0 atom stereocenters. The molecule has 0 unspecified atom stereocenters. The van der Waals surface area contributed by atoms with E-state index in [1.165, 1.54) is 5.56 Å². The number of carbonyl (C=O) groups is 2. The number of ketones is 1. The Morgan fingerprint density at radius 2 is 1.78 bits per heavy atom. The molecule has 0 spiro atoms. The molecule has 0 radical (unpaired) electrons. The lowest BCUT2D eigenvalue weighted by molar-refractivity contribution is 0.0474. The molecule has 4 aromatic rings. The lowest BCUT2D eigenvalue weighted by atomic mass is 9.85. The minimum Gasteiger partial charge on any atom is -0.454 e. The molecule has 2 aromatic carbocycles. The molecule has 5 nitrogen and oxygen atoms in total. The average molecular weight is 479 g/mol. The summed E-state index contributed by atoms with van der Waals surface area (Å²) in [7, 11) is 0. The summed E-state index contributed by atoms with van der Waals surface area (Å²) in [5.74, 6) is -0.750. The number of para-hydroxylation sites is 1. The van der Waals surface area contributed by atoms with Gasteiger partial charge in [0.05, 0.1) is 22.5 Å². The van der Waals surface area contributed by atoms with Crippen molar-refractivity contribution in [2.75, 3.05) is 6.61 Å². The van der Waals surface area contributed by atoms with Crippen LogP contribution < -0.4 is 0 Å². The third-order valence-corrected chi connectivity index (χ3v) is 6.72. The van der Waals surface area contributed by atoms with E-state index < -0.39 is 5.97 Å². The predicted octanol–water partition coefficient (Wildman–Crippen LogP) is 6.78. The summed E-state index contributed by atoms with van der Waals surface area (Å²) in [5.41, 5.74) is 7.05. The standard InChI is InChI=1S/C31H30N2O3/c1-31(2,3)22-15-13-20(14-16-22)18-21-8-6-10-24-28(23-9-4-5-11-25(23)33-29(21)24)30(35)36-19-27(34)26-12-7-17-32-26/h4-5,7,9,11-18,32H,6,8,10,19H2,1-3H3. The molecule has 182 valence electrons. The van der Waals surface area contributed by atoms with E-state index in [9.17, 15) is 9.59 Å². The van der Waals surface area contributed by atoms with Gasteiger partial charge in [0.1, 0.15) is 0 Å². The minimum atomic E-state index is -0.486. The highest BCUT2D eigenvalue weighted by atomic mass is 16.5. The SMILES string of the molecule is CC(C)(C)c1ccc(C=C2CCCc3c2nc2ccccc2c3C(=O)OCC(=O)c2ccc[nH]2)cc1. The first-order valence-corrected chi connectivity index (χ1v) is 12.4. The Balaban J connectivity index is 1.52. The first-order valence-electron chi connectivity index (χ1n) is 12.4. The average Bonchev–Trinajstić information content (AvgIpc) is 3.41. The van der Waals surface area contributed by atoms with Crippen LogP contribution in [0.4, 0.5) is 0 Å². The number of allylic oxidation sites excluding steroid dienone is 1. The number of H-pyrrole nitrogens is 1. The number of rotatable bonds is 5. The Morgan fingerprint density at radius 1 is 1.00 bits per heavy atom. The number of nitrogens with zero attached hydrogens (tertiary/aromatic N) is 1. The van der Waals surface area contributed by atoms with Gasteiger partial charge >= 0.3 is 5.97 Å². The van der Waals surface area contributed by atoms with Gasteiger partial charge in [0.25, 0.3) is 0 Å². The molecule has 5 rings (SSSR count). The molecule has 1 aliphatic rings. The molecule has 0 aliphatic heterocycles. The first kappa shape index (κ1) is 23.7. The van der Waals surface area contributed by atoms with Gasteiger partial charge in [0.15, 0.2) is 6.61 Å². The summed E-state index contributed by atoms with van der Waals surface area (Å²) < 4.78 is 5.53. The predicted molar refractivity (Wildman–Crippen MR) is 143 cm³/mol. The topological polar surface area (TPSA) is 72.0 Å². The van der Waals surface area contributed by atoms with Gasteiger partial charge in [-0.15, -0.1) is 0 Å². The zero-order valence-corrected chi connectivity index (χ0v) is 20.9. The van der Waals surface area contributed by atoms with Crippen molar-refractivity contribution in [1.29, 1.82) is 0 Å². The quantitative estimate of drug-likeness (QED) is 0.254. The molecule has 0 fully saturated rings. The molecule has 0 saturated heterocycles. The molecule has 36 heavy (non-hydrogen) atoms. The Morgan fingerprint density at radius 3 is 2.50 bits per heavy atom. The lowest BCUT2D eigenvalue weighted by Crippen LogP contribution is -2.18. The fraction of sp³-hybridized carbons (Fsp3) is 0.258. The van der Waals surface area contributed by atoms with E-state index in [-0.39, 0.29) is 17.8 Å². The van der Waals surface area contributed by atoms with Crippen LogP contribution in [0.25, 0.3) is 22.6 Å². The number of carbonyl (C=O) groups excluding carboxylic acids is 2. The Labute approximate surface area is 211 Å². The van der Waals surface area contributed by atoms with E-state index in [1.807, 2.05) is 24.3 Å². The molecular weight excluding hydrogens is 448 g/mol. The monoisotopic (exact) mass is 478 g/mol. The Kier molecular flexibility index (Phi) is 6.31. The van der Waals surface area contributed by atoms with Crippen LogP contribution in [0.1, 0.15) is 76.8 Å². The number of hydrogen-bond donors (Lipinski definition) is 1. The van der Waals surface area contributed by atoms with Crippen LogP contribution in [-0.2, 0) is 16.6 Å². The number of Topliss-reactive ketones (excluding diaryl/α,β-unsaturated/α-hetero) is 1. The lowest BCUT2D eigenvalue weighted by Gasteiger charge is -2.22. The van der Waals surface area contributed by atoms with Gasteiger partial charge in [-0.05, 0) is 71.2 Å². The second-order valence-corrected chi connectivity index (χ2v) is 10.3. The number of esters is 1. The summed E-state index contributed by atoms with van der Waals surface area (Å²) >= 11 is 0. The minimum absolute atomic E-state index is 0.0983. The fourth-order valence-corrected chi connectivity index (χ4v) is 4.77. The number of aromatic nitrogens is 2. The van der Waals surface area contributed by atoms with Crippen LogP contribution in [0.3, 0.4) is 0 Å². The van der Waals surface area contributed by atoms with Crippen molar-refractivity contribution in [3.8, 4) is 0 Å². The van der Waals surface area contributed by atoms with Crippen molar-refractivity contribution in [1.82, 2.24) is 9.97 Å². The Hall–Kier alpha value is -3.99. The van der Waals surface area contributed by atoms with Gasteiger partial charge in [0, 0.05) is 11.6 Å². The highest BCUT2D eigenvalue weighted by Gasteiger charge is 2.26. The maximum Gasteiger partial charge on any atom is 0.339 e. The van der Waals surface area contributed by atoms with Gasteiger partial charge in [-0.1, -0.05) is 63.2 Å². The van der Waals surface area contributed by atoms with E-state index in [0.717, 1.165) is 52.6 Å². The van der Waals surface area contributed by atoms with E-state index in [1.54, 1.807) is 18.3 Å². The van der Waals surface area contributed by atoms with Crippen LogP contribution in [0.2, 0.25) is 0 Å². The van der Waals surface area contributed by atoms with E-state index in [0.29, 0.717) is 11.3 Å². The van der Waals surface area contributed by atoms with Crippen molar-refractivity contribution < 1.29 is 14.3 Å². The highest BCUT2D eigenvalue weighted by molar-refractivity contribution is 6.07. The van der Waals surface area contributed by atoms with Gasteiger partial charge in [-0.2, -0.15) is 0 Å². The first-order chi connectivity index (χ1) is 17.3. The summed E-state index contributed by atoms with van der Waals surface area (Å²) in [6.07, 6.45) is 6.39. The fourth-order valence-electron chi connectivity index (χ4n) is 4.77. The molecular formula is C31H30N2O3. The molecule has 2 heterocycles. The zero-order valence-electron chi connectivity index (χ0n) is 20.9. The molecule has 1 aliphatic carbocycles. The van der Waals surface area contributed by atoms with Crippen LogP contribution in [0.5, 0.6) is 0 Å². The molecule has 0 saturated carbocycles. The largest absolute Gasteiger partial charge is 0.454 e. The number of ether oxygens (including phenoxy) is 1. The summed E-state index contributed by atoms with van der Waals surface area (Å²) in [6.45, 7) is 6.31. The molecule has 0 bridgehead atoms. The number of fused-ring (bicyclic) bond motifs is 2. The maximum absolute atomic E-state index is 13.4. The zero-order chi connectivity index (χ0) is 25.3.